The maximum absolute atomic E-state index is 13.1. The van der Waals surface area contributed by atoms with Gasteiger partial charge in [-0.05, 0) is 47.4 Å². The molecule has 4 rings (SSSR count). The average Bonchev–Trinajstić information content (AvgIpc) is 3.10. The van der Waals surface area contributed by atoms with E-state index in [0.717, 1.165) is 35.3 Å². The van der Waals surface area contributed by atoms with E-state index in [0.29, 0.717) is 19.5 Å². The maximum atomic E-state index is 13.1. The van der Waals surface area contributed by atoms with Gasteiger partial charge < -0.3 is 14.2 Å². The van der Waals surface area contributed by atoms with Gasteiger partial charge in [-0.2, -0.15) is 0 Å². The molecule has 1 amide bonds. The number of amides is 1. The number of halogens is 1. The quantitative estimate of drug-likeness (QED) is 0.643. The van der Waals surface area contributed by atoms with Gasteiger partial charge >= 0.3 is 0 Å². The molecule has 1 saturated heterocycles. The Kier molecular flexibility index (Phi) is 5.07. The van der Waals surface area contributed by atoms with Gasteiger partial charge in [-0.15, -0.1) is 0 Å². The number of benzene rings is 2. The Hall–Kier alpha value is -2.82. The lowest BCUT2D eigenvalue weighted by Crippen LogP contribution is -2.49. The Morgan fingerprint density at radius 2 is 1.72 bits per heavy atom. The lowest BCUT2D eigenvalue weighted by atomic mass is 9.86. The number of hydrogen-bond donors (Lipinski definition) is 0. The van der Waals surface area contributed by atoms with Crippen molar-refractivity contribution in [3.63, 3.8) is 0 Å². The van der Waals surface area contributed by atoms with Crippen LogP contribution < -0.4 is 4.90 Å². The summed E-state index contributed by atoms with van der Waals surface area (Å²) in [5, 5.41) is 1.02. The summed E-state index contributed by atoms with van der Waals surface area (Å²) < 4.78 is 18.8. The Bertz CT molecular complexity index is 1010. The number of furan rings is 1. The highest BCUT2D eigenvalue weighted by molar-refractivity contribution is 5.88. The first kappa shape index (κ1) is 19.5. The second-order valence-corrected chi connectivity index (χ2v) is 8.74. The Morgan fingerprint density at radius 3 is 2.38 bits per heavy atom. The van der Waals surface area contributed by atoms with Gasteiger partial charge in [0.2, 0.25) is 5.91 Å². The molecule has 0 saturated carbocycles. The van der Waals surface area contributed by atoms with Gasteiger partial charge in [0.1, 0.15) is 11.4 Å². The third-order valence-electron chi connectivity index (χ3n) is 5.69. The Morgan fingerprint density at radius 1 is 1.03 bits per heavy atom. The number of carbonyl (C=O) groups is 1. The van der Waals surface area contributed by atoms with Gasteiger partial charge in [0.15, 0.2) is 0 Å². The fourth-order valence-electron chi connectivity index (χ4n) is 3.83. The molecule has 0 spiro atoms. The predicted molar refractivity (Wildman–Crippen MR) is 114 cm³/mol. The summed E-state index contributed by atoms with van der Waals surface area (Å²) in [5.74, 6) is -0.114. The van der Waals surface area contributed by atoms with E-state index >= 15 is 0 Å². The van der Waals surface area contributed by atoms with E-state index in [1.165, 1.54) is 17.7 Å². The van der Waals surface area contributed by atoms with E-state index in [1.807, 2.05) is 11.0 Å². The zero-order valence-electron chi connectivity index (χ0n) is 17.2. The number of carbonyl (C=O) groups excluding carboxylic acids is 1. The number of anilines is 1. The van der Waals surface area contributed by atoms with Crippen molar-refractivity contribution >= 4 is 22.6 Å². The number of rotatable bonds is 3. The molecule has 0 N–H and O–H groups in total. The van der Waals surface area contributed by atoms with Crippen molar-refractivity contribution in [2.45, 2.75) is 32.6 Å². The Labute approximate surface area is 170 Å². The molecule has 0 radical (unpaired) electrons. The van der Waals surface area contributed by atoms with Gasteiger partial charge in [-0.1, -0.05) is 26.8 Å². The van der Waals surface area contributed by atoms with Crippen molar-refractivity contribution in [2.24, 2.45) is 0 Å². The van der Waals surface area contributed by atoms with Crippen LogP contribution in [-0.2, 0) is 16.6 Å². The second-order valence-electron chi connectivity index (χ2n) is 8.74. The first-order valence-electron chi connectivity index (χ1n) is 10.1. The molecule has 0 unspecified atom stereocenters. The third kappa shape index (κ3) is 4.14. The summed E-state index contributed by atoms with van der Waals surface area (Å²) in [4.78, 5) is 17.0. The highest BCUT2D eigenvalue weighted by Gasteiger charge is 2.23. The van der Waals surface area contributed by atoms with E-state index in [-0.39, 0.29) is 17.1 Å². The summed E-state index contributed by atoms with van der Waals surface area (Å²) in [6.45, 7) is 9.37. The molecular formula is C24H27FN2O2. The van der Waals surface area contributed by atoms with Crippen molar-refractivity contribution in [1.29, 1.82) is 0 Å². The van der Waals surface area contributed by atoms with E-state index in [4.69, 9.17) is 4.42 Å². The summed E-state index contributed by atoms with van der Waals surface area (Å²) in [6, 6.07) is 12.8. The van der Waals surface area contributed by atoms with Crippen LogP contribution in [0.5, 0.6) is 0 Å². The normalized spacial score (nSPS) is 15.2. The van der Waals surface area contributed by atoms with Crippen molar-refractivity contribution in [3.05, 3.63) is 65.7 Å². The zero-order chi connectivity index (χ0) is 20.6. The topological polar surface area (TPSA) is 36.7 Å². The van der Waals surface area contributed by atoms with Crippen LogP contribution in [-0.4, -0.2) is 37.0 Å². The van der Waals surface area contributed by atoms with Crippen LogP contribution in [0.2, 0.25) is 0 Å². The number of hydrogen-bond acceptors (Lipinski definition) is 3. The van der Waals surface area contributed by atoms with Crippen LogP contribution in [0.25, 0.3) is 11.0 Å². The summed E-state index contributed by atoms with van der Waals surface area (Å²) in [6.07, 6.45) is 2.06. The largest absolute Gasteiger partial charge is 0.464 e. The predicted octanol–water partition coefficient (Wildman–Crippen LogP) is 4.76. The number of fused-ring (bicyclic) bond motifs is 1. The van der Waals surface area contributed by atoms with Crippen LogP contribution in [0.15, 0.2) is 53.1 Å². The molecule has 152 valence electrons. The molecule has 2 aromatic carbocycles. The molecule has 1 aliphatic heterocycles. The standard InChI is InChI=1S/C24H27FN2O2/c1-24(2,3)18-4-9-22-21(15-18)17(16-29-22)14-23(28)27-12-10-26(11-13-27)20-7-5-19(25)6-8-20/h4-9,15-16H,10-14H2,1-3H3. The third-order valence-corrected chi connectivity index (χ3v) is 5.69. The molecule has 1 aliphatic rings. The lowest BCUT2D eigenvalue weighted by Gasteiger charge is -2.36. The van der Waals surface area contributed by atoms with E-state index < -0.39 is 0 Å². The lowest BCUT2D eigenvalue weighted by molar-refractivity contribution is -0.130. The fraction of sp³-hybridized carbons (Fsp3) is 0.375. The number of nitrogens with zero attached hydrogens (tertiary/aromatic N) is 2. The fourth-order valence-corrected chi connectivity index (χ4v) is 3.83. The van der Waals surface area contributed by atoms with Crippen LogP contribution in [0.1, 0.15) is 31.9 Å². The minimum atomic E-state index is -0.232. The highest BCUT2D eigenvalue weighted by Crippen LogP contribution is 2.29. The molecule has 1 aromatic heterocycles. The molecule has 1 fully saturated rings. The Balaban J connectivity index is 1.43. The first-order chi connectivity index (χ1) is 13.8. The van der Waals surface area contributed by atoms with Crippen molar-refractivity contribution < 1.29 is 13.6 Å². The van der Waals surface area contributed by atoms with E-state index in [2.05, 4.69) is 37.8 Å². The molecule has 0 bridgehead atoms. The molecule has 2 heterocycles. The molecule has 4 nitrogen and oxygen atoms in total. The van der Waals surface area contributed by atoms with Crippen LogP contribution in [0.3, 0.4) is 0 Å². The molecule has 29 heavy (non-hydrogen) atoms. The number of piperazine rings is 1. The molecule has 5 heteroatoms. The highest BCUT2D eigenvalue weighted by atomic mass is 19.1. The van der Waals surface area contributed by atoms with Crippen molar-refractivity contribution in [2.75, 3.05) is 31.1 Å². The van der Waals surface area contributed by atoms with Crippen LogP contribution >= 0.6 is 0 Å². The minimum absolute atomic E-state index is 0.0451. The molecule has 0 aliphatic carbocycles. The monoisotopic (exact) mass is 394 g/mol. The molecule has 3 aromatic rings. The SMILES string of the molecule is CC(C)(C)c1ccc2occ(CC(=O)N3CCN(c4ccc(F)cc4)CC3)c2c1. The van der Waals surface area contributed by atoms with Gasteiger partial charge in [-0.25, -0.2) is 4.39 Å². The smallest absolute Gasteiger partial charge is 0.227 e. The van der Waals surface area contributed by atoms with Gasteiger partial charge in [0, 0.05) is 42.8 Å². The van der Waals surface area contributed by atoms with Crippen LogP contribution in [0, 0.1) is 5.82 Å². The van der Waals surface area contributed by atoms with Gasteiger partial charge in [0.25, 0.3) is 0 Å². The second kappa shape index (κ2) is 7.54. The van der Waals surface area contributed by atoms with Crippen molar-refractivity contribution in [1.82, 2.24) is 4.90 Å². The zero-order valence-corrected chi connectivity index (χ0v) is 17.2. The first-order valence-corrected chi connectivity index (χ1v) is 10.1. The van der Waals surface area contributed by atoms with Crippen molar-refractivity contribution in [3.8, 4) is 0 Å². The summed E-state index contributed by atoms with van der Waals surface area (Å²) in [7, 11) is 0. The van der Waals surface area contributed by atoms with Gasteiger partial charge in [-0.3, -0.25) is 4.79 Å². The van der Waals surface area contributed by atoms with Crippen LogP contribution in [0.4, 0.5) is 10.1 Å². The van der Waals surface area contributed by atoms with E-state index in [1.54, 1.807) is 18.4 Å². The summed E-state index contributed by atoms with van der Waals surface area (Å²) in [5.41, 5.74) is 4.03. The maximum Gasteiger partial charge on any atom is 0.227 e. The average molecular weight is 394 g/mol. The van der Waals surface area contributed by atoms with E-state index in [9.17, 15) is 9.18 Å². The van der Waals surface area contributed by atoms with Gasteiger partial charge in [0.05, 0.1) is 12.7 Å². The minimum Gasteiger partial charge on any atom is -0.464 e. The molecule has 0 atom stereocenters. The summed E-state index contributed by atoms with van der Waals surface area (Å²) >= 11 is 0. The molecular weight excluding hydrogens is 367 g/mol.